The number of benzene rings is 3. The van der Waals surface area contributed by atoms with Gasteiger partial charge in [-0.2, -0.15) is 0 Å². The molecule has 0 bridgehead atoms. The van der Waals surface area contributed by atoms with Gasteiger partial charge in [-0.25, -0.2) is 4.79 Å². The summed E-state index contributed by atoms with van der Waals surface area (Å²) in [5, 5.41) is 5.45. The maximum Gasteiger partial charge on any atom is 0.347 e. The first-order valence-corrected chi connectivity index (χ1v) is 17.2. The van der Waals surface area contributed by atoms with Crippen molar-refractivity contribution in [2.45, 2.75) is 64.7 Å². The monoisotopic (exact) mass is 694 g/mol. The molecule has 4 rings (SSSR count). The Morgan fingerprint density at radius 3 is 2.25 bits per heavy atom. The van der Waals surface area contributed by atoms with Crippen molar-refractivity contribution in [3.05, 3.63) is 119 Å². The van der Waals surface area contributed by atoms with Crippen molar-refractivity contribution in [1.82, 2.24) is 10.6 Å². The fourth-order valence-electron chi connectivity index (χ4n) is 5.47. The van der Waals surface area contributed by atoms with Crippen LogP contribution in [0, 0.1) is 11.8 Å². The lowest BCUT2D eigenvalue weighted by atomic mass is 9.98. The molecule has 0 fully saturated rings. The molecule has 0 aromatic heterocycles. The van der Waals surface area contributed by atoms with E-state index in [1.807, 2.05) is 75.4 Å². The molecule has 0 spiro atoms. The number of carbonyl (C=O) groups excluding carboxylic acids is 5. The fraction of sp³-hybridized carbons (Fsp3) is 0.341. The summed E-state index contributed by atoms with van der Waals surface area (Å²) >= 11 is 0. The summed E-state index contributed by atoms with van der Waals surface area (Å²) in [5.41, 5.74) is 2.82. The van der Waals surface area contributed by atoms with E-state index in [0.717, 1.165) is 11.1 Å². The highest BCUT2D eigenvalue weighted by Gasteiger charge is 2.30. The van der Waals surface area contributed by atoms with E-state index in [0.29, 0.717) is 16.9 Å². The maximum atomic E-state index is 13.4. The number of ether oxygens (including phenoxy) is 3. The molecule has 1 aliphatic rings. The minimum atomic E-state index is -1.13. The van der Waals surface area contributed by atoms with Crippen LogP contribution in [0.2, 0.25) is 0 Å². The Bertz CT molecular complexity index is 1700. The van der Waals surface area contributed by atoms with Gasteiger partial charge in [-0.05, 0) is 41.7 Å². The highest BCUT2D eigenvalue weighted by Crippen LogP contribution is 2.21. The zero-order chi connectivity index (χ0) is 36.8. The Labute approximate surface area is 299 Å². The van der Waals surface area contributed by atoms with Crippen molar-refractivity contribution in [2.24, 2.45) is 11.8 Å². The fourth-order valence-corrected chi connectivity index (χ4v) is 5.47. The molecule has 10 heteroatoms. The Kier molecular flexibility index (Phi) is 14.3. The topological polar surface area (TPSA) is 137 Å². The van der Waals surface area contributed by atoms with Crippen LogP contribution >= 0.6 is 0 Å². The van der Waals surface area contributed by atoms with E-state index in [1.54, 1.807) is 49.6 Å². The van der Waals surface area contributed by atoms with Crippen molar-refractivity contribution in [1.29, 1.82) is 0 Å². The molecule has 4 atom stereocenters. The standard InChI is InChI=1S/C41H46N2O8/c1-27(2)25-36-41(48)51-35(28(3)13-14-29-15-19-32(20-16-29)39(46)31-9-6-5-7-10-31)11-8-12-37(44)43-34(40(47)42-24-23-38(45)50-36)26-30-17-21-33(49-4)22-18-30/h5-10,12-22,27-28,34-36H,11,23-26H2,1-4H3,(H,42,47)(H,43,44)/b12-8+,14-13+/t28-,34?,35?,36+/m1/s1. The molecule has 0 aliphatic carbocycles. The van der Waals surface area contributed by atoms with Crippen LogP contribution < -0.4 is 15.4 Å². The zero-order valence-corrected chi connectivity index (χ0v) is 29.5. The number of esters is 2. The molecule has 1 heterocycles. The average molecular weight is 695 g/mol. The molecular weight excluding hydrogens is 648 g/mol. The highest BCUT2D eigenvalue weighted by atomic mass is 16.6. The average Bonchev–Trinajstić information content (AvgIpc) is 3.12. The van der Waals surface area contributed by atoms with E-state index in [9.17, 15) is 24.0 Å². The molecule has 3 aromatic rings. The molecule has 1 aliphatic heterocycles. The summed E-state index contributed by atoms with van der Waals surface area (Å²) in [4.78, 5) is 65.3. The number of rotatable bonds is 10. The number of amides is 2. The summed E-state index contributed by atoms with van der Waals surface area (Å²) in [5.74, 6) is -2.00. The van der Waals surface area contributed by atoms with Gasteiger partial charge in [0.2, 0.25) is 11.8 Å². The van der Waals surface area contributed by atoms with Crippen LogP contribution in [-0.4, -0.2) is 61.4 Å². The lowest BCUT2D eigenvalue weighted by Crippen LogP contribution is -2.48. The summed E-state index contributed by atoms with van der Waals surface area (Å²) in [6.07, 6.45) is 5.30. The molecule has 51 heavy (non-hydrogen) atoms. The van der Waals surface area contributed by atoms with Crippen molar-refractivity contribution < 1.29 is 38.2 Å². The number of carbonyl (C=O) groups is 5. The summed E-state index contributed by atoms with van der Waals surface area (Å²) < 4.78 is 16.8. The van der Waals surface area contributed by atoms with Gasteiger partial charge in [0.25, 0.3) is 0 Å². The number of hydrogen-bond acceptors (Lipinski definition) is 8. The minimum absolute atomic E-state index is 0.0236. The van der Waals surface area contributed by atoms with Crippen LogP contribution in [0.25, 0.3) is 6.08 Å². The third-order valence-corrected chi connectivity index (χ3v) is 8.37. The normalized spacial score (nSPS) is 20.5. The molecule has 268 valence electrons. The van der Waals surface area contributed by atoms with Gasteiger partial charge in [0.15, 0.2) is 11.9 Å². The third kappa shape index (κ3) is 12.1. The number of ketones is 1. The van der Waals surface area contributed by atoms with E-state index in [-0.39, 0.29) is 49.8 Å². The van der Waals surface area contributed by atoms with Gasteiger partial charge in [-0.3, -0.25) is 19.2 Å². The molecule has 2 amide bonds. The SMILES string of the molecule is COc1ccc(CC2NC(=O)/C=C/CC([C@H](C)/C=C/c3ccc(C(=O)c4ccccc4)cc3)OC(=O)[C@H](CC(C)C)OC(=O)CCNC2=O)cc1. The van der Waals surface area contributed by atoms with Gasteiger partial charge in [-0.15, -0.1) is 0 Å². The lowest BCUT2D eigenvalue weighted by molar-refractivity contribution is -0.173. The van der Waals surface area contributed by atoms with Crippen LogP contribution in [0.5, 0.6) is 5.75 Å². The van der Waals surface area contributed by atoms with E-state index in [4.69, 9.17) is 14.2 Å². The molecule has 0 saturated heterocycles. The van der Waals surface area contributed by atoms with E-state index in [2.05, 4.69) is 10.6 Å². The first-order valence-electron chi connectivity index (χ1n) is 17.2. The van der Waals surface area contributed by atoms with Crippen molar-refractivity contribution in [3.8, 4) is 5.75 Å². The molecular formula is C41H46N2O8. The predicted molar refractivity (Wildman–Crippen MR) is 194 cm³/mol. The van der Waals surface area contributed by atoms with Gasteiger partial charge in [-0.1, -0.05) is 106 Å². The summed E-state index contributed by atoms with van der Waals surface area (Å²) in [6.45, 7) is 5.66. The largest absolute Gasteiger partial charge is 0.497 e. The number of nitrogens with one attached hydrogen (secondary N) is 2. The maximum absolute atomic E-state index is 13.4. The van der Waals surface area contributed by atoms with Gasteiger partial charge in [0, 0.05) is 36.4 Å². The van der Waals surface area contributed by atoms with Crippen LogP contribution in [-0.2, 0) is 35.1 Å². The van der Waals surface area contributed by atoms with Crippen LogP contribution in [0.15, 0.2) is 97.1 Å². The molecule has 2 unspecified atom stereocenters. The first kappa shape index (κ1) is 38.3. The van der Waals surface area contributed by atoms with E-state index >= 15 is 0 Å². The third-order valence-electron chi connectivity index (χ3n) is 8.37. The minimum Gasteiger partial charge on any atom is -0.497 e. The Morgan fingerprint density at radius 2 is 1.59 bits per heavy atom. The number of methoxy groups -OCH3 is 1. The van der Waals surface area contributed by atoms with Crippen LogP contribution in [0.3, 0.4) is 0 Å². The van der Waals surface area contributed by atoms with Crippen molar-refractivity contribution >= 4 is 35.6 Å². The predicted octanol–water partition coefficient (Wildman–Crippen LogP) is 5.64. The second-order valence-electron chi connectivity index (χ2n) is 12.9. The van der Waals surface area contributed by atoms with Gasteiger partial charge < -0.3 is 24.8 Å². The molecule has 0 radical (unpaired) electrons. The number of cyclic esters (lactones) is 2. The Hall–Kier alpha value is -5.51. The molecule has 3 aromatic carbocycles. The first-order chi connectivity index (χ1) is 24.5. The van der Waals surface area contributed by atoms with Crippen molar-refractivity contribution in [2.75, 3.05) is 13.7 Å². The quantitative estimate of drug-likeness (QED) is 0.206. The summed E-state index contributed by atoms with van der Waals surface area (Å²) in [7, 11) is 1.56. The van der Waals surface area contributed by atoms with Gasteiger partial charge >= 0.3 is 11.9 Å². The zero-order valence-electron chi connectivity index (χ0n) is 29.5. The number of hydrogen-bond donors (Lipinski definition) is 2. The molecule has 10 nitrogen and oxygen atoms in total. The van der Waals surface area contributed by atoms with E-state index in [1.165, 1.54) is 6.08 Å². The van der Waals surface area contributed by atoms with E-state index < -0.39 is 42.0 Å². The second kappa shape index (κ2) is 19.0. The Morgan fingerprint density at radius 1 is 0.902 bits per heavy atom. The highest BCUT2D eigenvalue weighted by molar-refractivity contribution is 6.09. The molecule has 0 saturated carbocycles. The van der Waals surface area contributed by atoms with Gasteiger partial charge in [0.1, 0.15) is 17.9 Å². The van der Waals surface area contributed by atoms with Gasteiger partial charge in [0.05, 0.1) is 13.5 Å². The Balaban J connectivity index is 1.53. The summed E-state index contributed by atoms with van der Waals surface area (Å²) in [6, 6.07) is 22.5. The molecule has 2 N–H and O–H groups in total. The van der Waals surface area contributed by atoms with Crippen LogP contribution in [0.1, 0.15) is 67.1 Å². The second-order valence-corrected chi connectivity index (χ2v) is 12.9. The lowest BCUT2D eigenvalue weighted by Gasteiger charge is -2.25. The van der Waals surface area contributed by atoms with Crippen LogP contribution in [0.4, 0.5) is 0 Å². The van der Waals surface area contributed by atoms with Crippen molar-refractivity contribution in [3.63, 3.8) is 0 Å². The smallest absolute Gasteiger partial charge is 0.347 e.